The Bertz CT molecular complexity index is 422. The smallest absolute Gasteiger partial charge is 0.267 e. The van der Waals surface area contributed by atoms with Gasteiger partial charge < -0.3 is 5.11 Å². The first-order valence-corrected chi connectivity index (χ1v) is 13.6. The first-order valence-electron chi connectivity index (χ1n) is 12.1. The lowest BCUT2D eigenvalue weighted by Gasteiger charge is -2.13. The van der Waals surface area contributed by atoms with E-state index in [-0.39, 0.29) is 6.10 Å². The zero-order valence-corrected chi connectivity index (χ0v) is 19.5. The molecule has 2 N–H and O–H groups in total. The van der Waals surface area contributed by atoms with Crippen LogP contribution in [0.15, 0.2) is 0 Å². The highest BCUT2D eigenvalue weighted by atomic mass is 32.2. The standard InChI is InChI=1S/C23H48O4S/c1-3-5-7-8-13-16-20-23(28(25,26)27)21-17-14-11-9-10-12-15-19-22(24)18-6-4-2/h22-24H,3-21H2,1-2H3,(H,25,26,27). The molecule has 0 amide bonds. The minimum Gasteiger partial charge on any atom is -0.393 e. The number of rotatable bonds is 21. The molecule has 0 saturated carbocycles. The van der Waals surface area contributed by atoms with Gasteiger partial charge in [0.1, 0.15) is 0 Å². The molecule has 0 bridgehead atoms. The highest BCUT2D eigenvalue weighted by Gasteiger charge is 2.21. The van der Waals surface area contributed by atoms with Gasteiger partial charge in [0, 0.05) is 0 Å². The zero-order chi connectivity index (χ0) is 21.1. The molecule has 0 aliphatic carbocycles. The molecule has 28 heavy (non-hydrogen) atoms. The van der Waals surface area contributed by atoms with Gasteiger partial charge in [0.15, 0.2) is 0 Å². The molecule has 170 valence electrons. The minimum absolute atomic E-state index is 0.121. The fourth-order valence-corrected chi connectivity index (χ4v) is 4.74. The van der Waals surface area contributed by atoms with Gasteiger partial charge in [-0.1, -0.05) is 110 Å². The third-order valence-electron chi connectivity index (χ3n) is 5.76. The summed E-state index contributed by atoms with van der Waals surface area (Å²) in [6.45, 7) is 4.34. The monoisotopic (exact) mass is 420 g/mol. The van der Waals surface area contributed by atoms with Crippen molar-refractivity contribution in [2.45, 2.75) is 147 Å². The van der Waals surface area contributed by atoms with Crippen molar-refractivity contribution >= 4 is 10.1 Å². The summed E-state index contributed by atoms with van der Waals surface area (Å²) < 4.78 is 32.7. The number of aliphatic hydroxyl groups excluding tert-OH is 1. The Kier molecular flexibility index (Phi) is 18.8. The number of unbranched alkanes of at least 4 members (excludes halogenated alkanes) is 12. The molecule has 4 nitrogen and oxygen atoms in total. The number of hydrogen-bond acceptors (Lipinski definition) is 3. The molecule has 5 heteroatoms. The highest BCUT2D eigenvalue weighted by Crippen LogP contribution is 2.19. The molecule has 0 aliphatic heterocycles. The van der Waals surface area contributed by atoms with Crippen LogP contribution >= 0.6 is 0 Å². The molecule has 0 aromatic rings. The maximum Gasteiger partial charge on any atom is 0.267 e. The summed E-state index contributed by atoms with van der Waals surface area (Å²) in [5.74, 6) is 0. The minimum atomic E-state index is -3.91. The first kappa shape index (κ1) is 27.9. The van der Waals surface area contributed by atoms with E-state index < -0.39 is 15.4 Å². The van der Waals surface area contributed by atoms with E-state index in [4.69, 9.17) is 0 Å². The van der Waals surface area contributed by atoms with Crippen LogP contribution < -0.4 is 0 Å². The summed E-state index contributed by atoms with van der Waals surface area (Å²) in [6, 6.07) is 0. The SMILES string of the molecule is CCCCCCCCC(CCCCCCCCCC(O)CCCC)S(=O)(=O)O. The van der Waals surface area contributed by atoms with E-state index in [1.54, 1.807) is 0 Å². The van der Waals surface area contributed by atoms with E-state index in [0.29, 0.717) is 12.8 Å². The summed E-state index contributed by atoms with van der Waals surface area (Å²) >= 11 is 0. The van der Waals surface area contributed by atoms with E-state index in [1.807, 2.05) is 0 Å². The molecule has 0 fully saturated rings. The van der Waals surface area contributed by atoms with Crippen molar-refractivity contribution in [3.8, 4) is 0 Å². The average Bonchev–Trinajstić information content (AvgIpc) is 2.64. The van der Waals surface area contributed by atoms with Crippen LogP contribution in [0.25, 0.3) is 0 Å². The van der Waals surface area contributed by atoms with Crippen LogP contribution in [0.5, 0.6) is 0 Å². The lowest BCUT2D eigenvalue weighted by molar-refractivity contribution is 0.148. The van der Waals surface area contributed by atoms with Crippen LogP contribution in [0, 0.1) is 0 Å². The van der Waals surface area contributed by atoms with Crippen molar-refractivity contribution in [2.75, 3.05) is 0 Å². The Morgan fingerprint density at radius 1 is 0.571 bits per heavy atom. The van der Waals surface area contributed by atoms with Gasteiger partial charge in [-0.2, -0.15) is 8.42 Å². The fraction of sp³-hybridized carbons (Fsp3) is 1.00. The summed E-state index contributed by atoms with van der Waals surface area (Å²) in [4.78, 5) is 0. The Morgan fingerprint density at radius 3 is 1.36 bits per heavy atom. The highest BCUT2D eigenvalue weighted by molar-refractivity contribution is 7.86. The Balaban J connectivity index is 3.67. The molecule has 0 aliphatic rings. The molecule has 0 aromatic carbocycles. The Morgan fingerprint density at radius 2 is 0.929 bits per heavy atom. The quantitative estimate of drug-likeness (QED) is 0.154. The third kappa shape index (κ3) is 17.9. The van der Waals surface area contributed by atoms with Crippen molar-refractivity contribution in [3.05, 3.63) is 0 Å². The molecule has 2 atom stereocenters. The summed E-state index contributed by atoms with van der Waals surface area (Å²) in [5, 5.41) is 9.25. The van der Waals surface area contributed by atoms with Crippen LogP contribution in [0.4, 0.5) is 0 Å². The molecule has 0 heterocycles. The normalized spacial score (nSPS) is 14.3. The van der Waals surface area contributed by atoms with Gasteiger partial charge in [-0.25, -0.2) is 0 Å². The van der Waals surface area contributed by atoms with Crippen LogP contribution in [0.3, 0.4) is 0 Å². The van der Waals surface area contributed by atoms with E-state index in [1.165, 1.54) is 44.9 Å². The van der Waals surface area contributed by atoms with Gasteiger partial charge in [-0.3, -0.25) is 4.55 Å². The van der Waals surface area contributed by atoms with Crippen LogP contribution in [-0.2, 0) is 10.1 Å². The number of aliphatic hydroxyl groups is 1. The Labute approximate surface area is 175 Å². The van der Waals surface area contributed by atoms with Crippen molar-refractivity contribution in [3.63, 3.8) is 0 Å². The molecule has 0 saturated heterocycles. The van der Waals surface area contributed by atoms with E-state index in [2.05, 4.69) is 13.8 Å². The summed E-state index contributed by atoms with van der Waals surface area (Å²) in [5.41, 5.74) is 0. The molecular weight excluding hydrogens is 372 g/mol. The third-order valence-corrected chi connectivity index (χ3v) is 7.07. The largest absolute Gasteiger partial charge is 0.393 e. The lowest BCUT2D eigenvalue weighted by atomic mass is 10.0. The van der Waals surface area contributed by atoms with Crippen molar-refractivity contribution < 1.29 is 18.1 Å². The van der Waals surface area contributed by atoms with Crippen LogP contribution in [-0.4, -0.2) is 29.4 Å². The van der Waals surface area contributed by atoms with Gasteiger partial charge in [0.25, 0.3) is 10.1 Å². The second kappa shape index (κ2) is 18.9. The maximum atomic E-state index is 11.6. The molecular formula is C23H48O4S. The van der Waals surface area contributed by atoms with Crippen molar-refractivity contribution in [2.24, 2.45) is 0 Å². The topological polar surface area (TPSA) is 74.6 Å². The maximum absolute atomic E-state index is 11.6. The number of hydrogen-bond donors (Lipinski definition) is 2. The molecule has 0 aromatic heterocycles. The predicted octanol–water partition coefficient (Wildman–Crippen LogP) is 7.06. The molecule has 0 rings (SSSR count). The van der Waals surface area contributed by atoms with E-state index in [0.717, 1.165) is 64.2 Å². The lowest BCUT2D eigenvalue weighted by Crippen LogP contribution is -2.20. The van der Waals surface area contributed by atoms with Crippen molar-refractivity contribution in [1.82, 2.24) is 0 Å². The summed E-state index contributed by atoms with van der Waals surface area (Å²) in [6.07, 6.45) is 19.7. The average molecular weight is 421 g/mol. The van der Waals surface area contributed by atoms with Gasteiger partial charge in [0.05, 0.1) is 11.4 Å². The van der Waals surface area contributed by atoms with Gasteiger partial charge in [0.2, 0.25) is 0 Å². The van der Waals surface area contributed by atoms with Gasteiger partial charge in [-0.15, -0.1) is 0 Å². The molecule has 2 unspecified atom stereocenters. The molecule has 0 radical (unpaired) electrons. The van der Waals surface area contributed by atoms with E-state index >= 15 is 0 Å². The second-order valence-electron chi connectivity index (χ2n) is 8.54. The summed E-state index contributed by atoms with van der Waals surface area (Å²) in [7, 11) is -3.91. The zero-order valence-electron chi connectivity index (χ0n) is 18.7. The van der Waals surface area contributed by atoms with Gasteiger partial charge in [-0.05, 0) is 25.7 Å². The Hall–Kier alpha value is -0.130. The fourth-order valence-electron chi connectivity index (χ4n) is 3.81. The van der Waals surface area contributed by atoms with Gasteiger partial charge >= 0.3 is 0 Å². The second-order valence-corrected chi connectivity index (χ2v) is 10.2. The van der Waals surface area contributed by atoms with Crippen LogP contribution in [0.2, 0.25) is 0 Å². The van der Waals surface area contributed by atoms with E-state index in [9.17, 15) is 18.1 Å². The van der Waals surface area contributed by atoms with Crippen molar-refractivity contribution in [1.29, 1.82) is 0 Å². The first-order chi connectivity index (χ1) is 13.4. The van der Waals surface area contributed by atoms with Crippen LogP contribution in [0.1, 0.15) is 136 Å². The predicted molar refractivity (Wildman–Crippen MR) is 120 cm³/mol. The molecule has 0 spiro atoms.